The number of aromatic nitrogens is 2. The minimum absolute atomic E-state index is 0.456. The second-order valence-electron chi connectivity index (χ2n) is 5.65. The van der Waals surface area contributed by atoms with Gasteiger partial charge in [0.25, 0.3) is 0 Å². The summed E-state index contributed by atoms with van der Waals surface area (Å²) in [5, 5.41) is 6.77. The van der Waals surface area contributed by atoms with Gasteiger partial charge in [0.1, 0.15) is 6.33 Å². The number of hydrogen-bond acceptors (Lipinski definition) is 5. The van der Waals surface area contributed by atoms with Crippen molar-refractivity contribution in [3.05, 3.63) is 6.33 Å². The normalized spacial score (nSPS) is 26.1. The molecule has 1 heterocycles. The zero-order valence-corrected chi connectivity index (χ0v) is 12.9. The first kappa shape index (κ1) is 14.9. The van der Waals surface area contributed by atoms with Crippen molar-refractivity contribution >= 4 is 11.6 Å². The Bertz CT molecular complexity index is 438. The van der Waals surface area contributed by atoms with E-state index in [0.717, 1.165) is 24.1 Å². The maximum Gasteiger partial charge on any atom is 0.204 e. The quantitative estimate of drug-likeness (QED) is 0.866. The van der Waals surface area contributed by atoms with Crippen molar-refractivity contribution < 1.29 is 4.74 Å². The first-order chi connectivity index (χ1) is 9.67. The first-order valence-electron chi connectivity index (χ1n) is 7.56. The fourth-order valence-electron chi connectivity index (χ4n) is 2.92. The van der Waals surface area contributed by atoms with E-state index in [9.17, 15) is 0 Å². The fourth-order valence-corrected chi connectivity index (χ4v) is 2.92. The van der Waals surface area contributed by atoms with Gasteiger partial charge in [-0.15, -0.1) is 0 Å². The number of hydrogen-bond donors (Lipinski definition) is 2. The maximum absolute atomic E-state index is 5.48. The van der Waals surface area contributed by atoms with Crippen molar-refractivity contribution in [3.8, 4) is 5.75 Å². The molecule has 0 aromatic carbocycles. The Hall–Kier alpha value is -1.52. The van der Waals surface area contributed by atoms with Crippen LogP contribution in [-0.4, -0.2) is 29.7 Å². The lowest BCUT2D eigenvalue weighted by Crippen LogP contribution is -2.35. The summed E-state index contributed by atoms with van der Waals surface area (Å²) in [5.74, 6) is 3.65. The minimum atomic E-state index is 0.456. The molecule has 2 N–H and O–H groups in total. The topological polar surface area (TPSA) is 59.1 Å². The molecule has 0 spiro atoms. The second kappa shape index (κ2) is 6.77. The van der Waals surface area contributed by atoms with E-state index < -0.39 is 0 Å². The molecule has 0 bridgehead atoms. The molecule has 1 saturated carbocycles. The Kier molecular flexibility index (Phi) is 5.04. The standard InChI is InChI=1S/C15H26N4O/c1-5-16-14-13(20-4)15(18-9-17-14)19-12-8-6-7-10(2)11(12)3/h9-12H,5-8H2,1-4H3,(H2,16,17,18,19). The lowest BCUT2D eigenvalue weighted by Gasteiger charge is -2.35. The maximum atomic E-state index is 5.48. The van der Waals surface area contributed by atoms with Crippen LogP contribution in [0.25, 0.3) is 0 Å². The van der Waals surface area contributed by atoms with Gasteiger partial charge in [-0.1, -0.05) is 26.7 Å². The molecule has 1 aromatic rings. The molecule has 112 valence electrons. The highest BCUT2D eigenvalue weighted by Crippen LogP contribution is 2.35. The van der Waals surface area contributed by atoms with Crippen LogP contribution in [0.5, 0.6) is 5.75 Å². The van der Waals surface area contributed by atoms with Gasteiger partial charge in [-0.2, -0.15) is 0 Å². The van der Waals surface area contributed by atoms with Gasteiger partial charge in [0.2, 0.25) is 5.75 Å². The fraction of sp³-hybridized carbons (Fsp3) is 0.733. The van der Waals surface area contributed by atoms with Gasteiger partial charge in [0.15, 0.2) is 11.6 Å². The summed E-state index contributed by atoms with van der Waals surface area (Å²) in [6.45, 7) is 7.50. The van der Waals surface area contributed by atoms with Crippen LogP contribution >= 0.6 is 0 Å². The number of rotatable bonds is 5. The molecular formula is C15H26N4O. The summed E-state index contributed by atoms with van der Waals surface area (Å²) in [4.78, 5) is 8.60. The number of nitrogens with zero attached hydrogens (tertiary/aromatic N) is 2. The molecule has 1 aliphatic carbocycles. The molecule has 1 aliphatic rings. The predicted octanol–water partition coefficient (Wildman–Crippen LogP) is 3.15. The predicted molar refractivity (Wildman–Crippen MR) is 82.3 cm³/mol. The van der Waals surface area contributed by atoms with E-state index in [1.165, 1.54) is 19.3 Å². The molecule has 2 rings (SSSR count). The number of methoxy groups -OCH3 is 1. The summed E-state index contributed by atoms with van der Waals surface area (Å²) in [6.07, 6.45) is 5.37. The van der Waals surface area contributed by atoms with E-state index in [1.54, 1.807) is 13.4 Å². The third-order valence-electron chi connectivity index (χ3n) is 4.38. The van der Waals surface area contributed by atoms with E-state index >= 15 is 0 Å². The van der Waals surface area contributed by atoms with E-state index in [4.69, 9.17) is 4.74 Å². The Morgan fingerprint density at radius 1 is 1.25 bits per heavy atom. The molecule has 5 heteroatoms. The third kappa shape index (κ3) is 3.14. The first-order valence-corrected chi connectivity index (χ1v) is 7.56. The largest absolute Gasteiger partial charge is 0.490 e. The van der Waals surface area contributed by atoms with Crippen LogP contribution in [0.1, 0.15) is 40.0 Å². The Morgan fingerprint density at radius 3 is 2.70 bits per heavy atom. The highest BCUT2D eigenvalue weighted by molar-refractivity contribution is 5.63. The lowest BCUT2D eigenvalue weighted by molar-refractivity contribution is 0.252. The number of ether oxygens (including phenoxy) is 1. The SMILES string of the molecule is CCNc1ncnc(NC2CCCC(C)C2C)c1OC. The van der Waals surface area contributed by atoms with Crippen LogP contribution in [0.15, 0.2) is 6.33 Å². The van der Waals surface area contributed by atoms with Crippen molar-refractivity contribution in [2.24, 2.45) is 11.8 Å². The third-order valence-corrected chi connectivity index (χ3v) is 4.38. The summed E-state index contributed by atoms with van der Waals surface area (Å²) in [5.41, 5.74) is 0. The van der Waals surface area contributed by atoms with Crippen molar-refractivity contribution in [2.75, 3.05) is 24.3 Å². The Morgan fingerprint density at radius 2 is 2.00 bits per heavy atom. The minimum Gasteiger partial charge on any atom is -0.490 e. The van der Waals surface area contributed by atoms with Crippen LogP contribution in [-0.2, 0) is 0 Å². The lowest BCUT2D eigenvalue weighted by atomic mass is 9.78. The van der Waals surface area contributed by atoms with E-state index in [-0.39, 0.29) is 0 Å². The Labute approximate surface area is 121 Å². The van der Waals surface area contributed by atoms with Gasteiger partial charge in [-0.3, -0.25) is 0 Å². The van der Waals surface area contributed by atoms with E-state index in [2.05, 4.69) is 34.4 Å². The zero-order chi connectivity index (χ0) is 14.5. The molecular weight excluding hydrogens is 252 g/mol. The van der Waals surface area contributed by atoms with Crippen LogP contribution in [0.2, 0.25) is 0 Å². The monoisotopic (exact) mass is 278 g/mol. The molecule has 0 amide bonds. The van der Waals surface area contributed by atoms with Gasteiger partial charge >= 0.3 is 0 Å². The molecule has 3 atom stereocenters. The van der Waals surface area contributed by atoms with E-state index in [0.29, 0.717) is 17.7 Å². The van der Waals surface area contributed by atoms with Crippen LogP contribution < -0.4 is 15.4 Å². The van der Waals surface area contributed by atoms with Gasteiger partial charge in [-0.05, 0) is 25.2 Å². The molecule has 20 heavy (non-hydrogen) atoms. The van der Waals surface area contributed by atoms with Gasteiger partial charge < -0.3 is 15.4 Å². The summed E-state index contributed by atoms with van der Waals surface area (Å²) >= 11 is 0. The highest BCUT2D eigenvalue weighted by Gasteiger charge is 2.28. The molecule has 5 nitrogen and oxygen atoms in total. The molecule has 1 aromatic heterocycles. The Balaban J connectivity index is 2.18. The van der Waals surface area contributed by atoms with Crippen molar-refractivity contribution in [1.82, 2.24) is 9.97 Å². The molecule has 0 aliphatic heterocycles. The molecule has 1 fully saturated rings. The highest BCUT2D eigenvalue weighted by atomic mass is 16.5. The number of nitrogens with one attached hydrogen (secondary N) is 2. The second-order valence-corrected chi connectivity index (χ2v) is 5.65. The summed E-state index contributed by atoms with van der Waals surface area (Å²) in [6, 6.07) is 0.456. The average Bonchev–Trinajstić information content (AvgIpc) is 2.44. The van der Waals surface area contributed by atoms with Crippen molar-refractivity contribution in [3.63, 3.8) is 0 Å². The van der Waals surface area contributed by atoms with Crippen LogP contribution in [0, 0.1) is 11.8 Å². The van der Waals surface area contributed by atoms with Crippen molar-refractivity contribution in [2.45, 2.75) is 46.1 Å². The van der Waals surface area contributed by atoms with Gasteiger partial charge in [-0.25, -0.2) is 9.97 Å². The molecule has 0 radical (unpaired) electrons. The summed E-state index contributed by atoms with van der Waals surface area (Å²) in [7, 11) is 1.66. The van der Waals surface area contributed by atoms with E-state index in [1.807, 2.05) is 6.92 Å². The summed E-state index contributed by atoms with van der Waals surface area (Å²) < 4.78 is 5.48. The van der Waals surface area contributed by atoms with Gasteiger partial charge in [0.05, 0.1) is 7.11 Å². The smallest absolute Gasteiger partial charge is 0.204 e. The molecule has 0 saturated heterocycles. The average molecular weight is 278 g/mol. The van der Waals surface area contributed by atoms with Crippen LogP contribution in [0.3, 0.4) is 0 Å². The molecule has 3 unspecified atom stereocenters. The van der Waals surface area contributed by atoms with Gasteiger partial charge in [0, 0.05) is 12.6 Å². The van der Waals surface area contributed by atoms with Crippen LogP contribution in [0.4, 0.5) is 11.6 Å². The van der Waals surface area contributed by atoms with Crippen molar-refractivity contribution in [1.29, 1.82) is 0 Å². The zero-order valence-electron chi connectivity index (χ0n) is 12.9. The number of anilines is 2.